The predicted molar refractivity (Wildman–Crippen MR) is 114 cm³/mol. The molecule has 0 spiro atoms. The highest BCUT2D eigenvalue weighted by Crippen LogP contribution is 2.38. The summed E-state index contributed by atoms with van der Waals surface area (Å²) in [5.41, 5.74) is 6.92. The van der Waals surface area contributed by atoms with E-state index in [1.54, 1.807) is 13.2 Å². The van der Waals surface area contributed by atoms with Crippen LogP contribution in [-0.2, 0) is 11.3 Å². The van der Waals surface area contributed by atoms with Gasteiger partial charge in [-0.05, 0) is 57.4 Å². The quantitative estimate of drug-likeness (QED) is 0.606. The second kappa shape index (κ2) is 7.93. The molecule has 4 nitrogen and oxygen atoms in total. The first-order valence-corrected chi connectivity index (χ1v) is 9.41. The molecule has 1 amide bonds. The Kier molecular flexibility index (Phi) is 5.59. The molecule has 1 aromatic heterocycles. The number of fused-ring (bicyclic) bond motifs is 1. The van der Waals surface area contributed by atoms with E-state index in [9.17, 15) is 4.79 Å². The minimum atomic E-state index is -0.127. The van der Waals surface area contributed by atoms with Gasteiger partial charge in [0.2, 0.25) is 5.91 Å². The van der Waals surface area contributed by atoms with E-state index in [1.165, 1.54) is 5.56 Å². The van der Waals surface area contributed by atoms with Crippen LogP contribution in [0.1, 0.15) is 40.5 Å². The van der Waals surface area contributed by atoms with Gasteiger partial charge in [0.25, 0.3) is 0 Å². The summed E-state index contributed by atoms with van der Waals surface area (Å²) in [7, 11) is 1.64. The standard InChI is InChI=1S/C24H27NO3/c1-14-7-9-19(10-8-14)13-25-22(26)11-15(2)20-12-21-16(3)18(5)28-24(21)17(4)23(20)27-6/h7-12H,13H2,1-6H3,(H,25,26)/b15-11+. The molecular formula is C24H27NO3. The lowest BCUT2D eigenvalue weighted by Gasteiger charge is -2.13. The number of methoxy groups -OCH3 is 1. The molecule has 28 heavy (non-hydrogen) atoms. The number of amides is 1. The van der Waals surface area contributed by atoms with E-state index < -0.39 is 0 Å². The lowest BCUT2D eigenvalue weighted by atomic mass is 9.98. The molecule has 0 fully saturated rings. The number of hydrogen-bond donors (Lipinski definition) is 1. The molecule has 0 unspecified atom stereocenters. The molecule has 1 heterocycles. The number of furan rings is 1. The zero-order chi connectivity index (χ0) is 20.4. The van der Waals surface area contributed by atoms with Gasteiger partial charge in [-0.2, -0.15) is 0 Å². The van der Waals surface area contributed by atoms with E-state index in [0.717, 1.165) is 50.3 Å². The van der Waals surface area contributed by atoms with Gasteiger partial charge in [-0.1, -0.05) is 29.8 Å². The van der Waals surface area contributed by atoms with Crippen LogP contribution in [0.25, 0.3) is 16.5 Å². The average molecular weight is 377 g/mol. The first-order chi connectivity index (χ1) is 13.3. The third kappa shape index (κ3) is 3.81. The second-order valence-corrected chi connectivity index (χ2v) is 7.27. The van der Waals surface area contributed by atoms with Crippen LogP contribution in [0.4, 0.5) is 0 Å². The normalized spacial score (nSPS) is 11.7. The van der Waals surface area contributed by atoms with Crippen molar-refractivity contribution in [3.63, 3.8) is 0 Å². The number of rotatable bonds is 5. The van der Waals surface area contributed by atoms with E-state index in [1.807, 2.05) is 65.0 Å². The van der Waals surface area contributed by atoms with E-state index in [2.05, 4.69) is 5.32 Å². The van der Waals surface area contributed by atoms with Crippen molar-refractivity contribution in [2.75, 3.05) is 7.11 Å². The molecular weight excluding hydrogens is 350 g/mol. The summed E-state index contributed by atoms with van der Waals surface area (Å²) in [6, 6.07) is 10.2. The fourth-order valence-corrected chi connectivity index (χ4v) is 3.39. The molecule has 0 saturated carbocycles. The topological polar surface area (TPSA) is 51.5 Å². The van der Waals surface area contributed by atoms with Gasteiger partial charge in [0.05, 0.1) is 7.11 Å². The number of nitrogens with one attached hydrogen (secondary N) is 1. The molecule has 0 atom stereocenters. The first kappa shape index (κ1) is 19.7. The molecule has 1 N–H and O–H groups in total. The van der Waals surface area contributed by atoms with Crippen LogP contribution in [0.2, 0.25) is 0 Å². The average Bonchev–Trinajstić information content (AvgIpc) is 2.96. The summed E-state index contributed by atoms with van der Waals surface area (Å²) in [6.45, 7) is 10.5. The molecule has 0 saturated heterocycles. The molecule has 146 valence electrons. The minimum Gasteiger partial charge on any atom is -0.496 e. The van der Waals surface area contributed by atoms with Crippen LogP contribution >= 0.6 is 0 Å². The molecule has 0 aliphatic rings. The lowest BCUT2D eigenvalue weighted by Crippen LogP contribution is -2.20. The largest absolute Gasteiger partial charge is 0.496 e. The molecule has 0 bridgehead atoms. The smallest absolute Gasteiger partial charge is 0.244 e. The lowest BCUT2D eigenvalue weighted by molar-refractivity contribution is -0.116. The molecule has 0 aliphatic carbocycles. The van der Waals surface area contributed by atoms with Crippen LogP contribution in [0.15, 0.2) is 40.8 Å². The van der Waals surface area contributed by atoms with E-state index in [4.69, 9.17) is 9.15 Å². The molecule has 4 heteroatoms. The Hall–Kier alpha value is -3.01. The number of benzene rings is 2. The Morgan fingerprint density at radius 1 is 1.11 bits per heavy atom. The second-order valence-electron chi connectivity index (χ2n) is 7.27. The molecule has 0 aliphatic heterocycles. The van der Waals surface area contributed by atoms with Gasteiger partial charge in [0.1, 0.15) is 17.1 Å². The zero-order valence-corrected chi connectivity index (χ0v) is 17.4. The maximum Gasteiger partial charge on any atom is 0.244 e. The summed E-state index contributed by atoms with van der Waals surface area (Å²) in [4.78, 5) is 12.4. The van der Waals surface area contributed by atoms with Crippen LogP contribution in [0.3, 0.4) is 0 Å². The number of carbonyl (C=O) groups is 1. The summed E-state index contributed by atoms with van der Waals surface area (Å²) in [5, 5.41) is 4.00. The summed E-state index contributed by atoms with van der Waals surface area (Å²) >= 11 is 0. The summed E-state index contributed by atoms with van der Waals surface area (Å²) < 4.78 is 11.5. The number of ether oxygens (including phenoxy) is 1. The van der Waals surface area contributed by atoms with Crippen molar-refractivity contribution in [3.05, 3.63) is 70.0 Å². The van der Waals surface area contributed by atoms with Gasteiger partial charge < -0.3 is 14.5 Å². The van der Waals surface area contributed by atoms with Crippen LogP contribution < -0.4 is 10.1 Å². The Bertz CT molecular complexity index is 1060. The van der Waals surface area contributed by atoms with E-state index in [-0.39, 0.29) is 5.91 Å². The van der Waals surface area contributed by atoms with Crippen molar-refractivity contribution in [1.82, 2.24) is 5.32 Å². The van der Waals surface area contributed by atoms with Crippen molar-refractivity contribution in [2.24, 2.45) is 0 Å². The first-order valence-electron chi connectivity index (χ1n) is 9.41. The summed E-state index contributed by atoms with van der Waals surface area (Å²) in [6.07, 6.45) is 1.62. The van der Waals surface area contributed by atoms with Crippen molar-refractivity contribution in [3.8, 4) is 5.75 Å². The minimum absolute atomic E-state index is 0.127. The Labute approximate surface area is 166 Å². The Morgan fingerprint density at radius 2 is 1.79 bits per heavy atom. The number of carbonyl (C=O) groups excluding carboxylic acids is 1. The molecule has 3 aromatic rings. The van der Waals surface area contributed by atoms with Crippen LogP contribution in [-0.4, -0.2) is 13.0 Å². The van der Waals surface area contributed by atoms with Gasteiger partial charge in [-0.15, -0.1) is 0 Å². The predicted octanol–water partition coefficient (Wildman–Crippen LogP) is 5.39. The Morgan fingerprint density at radius 3 is 2.43 bits per heavy atom. The third-order valence-electron chi connectivity index (χ3n) is 5.21. The fraction of sp³-hybridized carbons (Fsp3) is 0.292. The fourth-order valence-electron chi connectivity index (χ4n) is 3.39. The maximum absolute atomic E-state index is 12.4. The SMILES string of the molecule is COc1c(/C(C)=C/C(=O)NCc2ccc(C)cc2)cc2c(C)c(C)oc2c1C. The van der Waals surface area contributed by atoms with Gasteiger partial charge in [0, 0.05) is 29.1 Å². The van der Waals surface area contributed by atoms with Gasteiger partial charge in [-0.3, -0.25) is 4.79 Å². The molecule has 2 aromatic carbocycles. The van der Waals surface area contributed by atoms with Crippen molar-refractivity contribution in [1.29, 1.82) is 0 Å². The Balaban J connectivity index is 1.88. The number of allylic oxidation sites excluding steroid dienone is 1. The van der Waals surface area contributed by atoms with E-state index in [0.29, 0.717) is 6.54 Å². The highest BCUT2D eigenvalue weighted by molar-refractivity contribution is 5.98. The third-order valence-corrected chi connectivity index (χ3v) is 5.21. The highest BCUT2D eigenvalue weighted by Gasteiger charge is 2.18. The summed E-state index contributed by atoms with van der Waals surface area (Å²) in [5.74, 6) is 1.51. The maximum atomic E-state index is 12.4. The van der Waals surface area contributed by atoms with Gasteiger partial charge in [-0.25, -0.2) is 0 Å². The zero-order valence-electron chi connectivity index (χ0n) is 17.4. The van der Waals surface area contributed by atoms with Crippen LogP contribution in [0.5, 0.6) is 5.75 Å². The monoisotopic (exact) mass is 377 g/mol. The number of hydrogen-bond acceptors (Lipinski definition) is 3. The highest BCUT2D eigenvalue weighted by atomic mass is 16.5. The van der Waals surface area contributed by atoms with Crippen molar-refractivity contribution >= 4 is 22.4 Å². The van der Waals surface area contributed by atoms with Crippen molar-refractivity contribution < 1.29 is 13.9 Å². The van der Waals surface area contributed by atoms with E-state index >= 15 is 0 Å². The molecule has 3 rings (SSSR count). The van der Waals surface area contributed by atoms with Crippen LogP contribution in [0, 0.1) is 27.7 Å². The number of aryl methyl sites for hydroxylation is 4. The van der Waals surface area contributed by atoms with Gasteiger partial charge in [0.15, 0.2) is 0 Å². The van der Waals surface area contributed by atoms with Crippen molar-refractivity contribution in [2.45, 2.75) is 41.2 Å². The molecule has 0 radical (unpaired) electrons. The van der Waals surface area contributed by atoms with Gasteiger partial charge >= 0.3 is 0 Å².